The molecule has 2 aromatic rings. The van der Waals surface area contributed by atoms with E-state index < -0.39 is 0 Å². The van der Waals surface area contributed by atoms with Crippen molar-refractivity contribution in [2.45, 2.75) is 0 Å². The van der Waals surface area contributed by atoms with E-state index in [1.807, 2.05) is 12.1 Å². The molecule has 0 saturated heterocycles. The van der Waals surface area contributed by atoms with Crippen LogP contribution in [0.4, 0.5) is 0 Å². The fraction of sp³-hybridized carbons (Fsp3) is 0. The van der Waals surface area contributed by atoms with E-state index in [1.54, 1.807) is 6.07 Å². The van der Waals surface area contributed by atoms with Gasteiger partial charge in [-0.1, -0.05) is 0 Å². The zero-order valence-corrected chi connectivity index (χ0v) is 10.2. The summed E-state index contributed by atoms with van der Waals surface area (Å²) in [6, 6.07) is 12.5. The van der Waals surface area contributed by atoms with Crippen LogP contribution in [0, 0.1) is 22.7 Å². The molecular formula is C15H8N2O3. The smallest absolute Gasteiger partial charge is 0.153 e. The van der Waals surface area contributed by atoms with Crippen LogP contribution in [0.2, 0.25) is 0 Å². The maximum absolute atomic E-state index is 10.6. The van der Waals surface area contributed by atoms with E-state index in [2.05, 4.69) is 0 Å². The number of aldehydes is 1. The highest BCUT2D eigenvalue weighted by Gasteiger charge is 2.06. The van der Waals surface area contributed by atoms with E-state index in [4.69, 9.17) is 15.3 Å². The number of aromatic hydroxyl groups is 1. The predicted octanol–water partition coefficient (Wildman–Crippen LogP) is 2.74. The van der Waals surface area contributed by atoms with Crippen molar-refractivity contribution in [3.63, 3.8) is 0 Å². The Hall–Kier alpha value is -3.31. The van der Waals surface area contributed by atoms with Crippen LogP contribution in [0.1, 0.15) is 21.5 Å². The lowest BCUT2D eigenvalue weighted by molar-refractivity contribution is 0.112. The van der Waals surface area contributed by atoms with Gasteiger partial charge in [0.25, 0.3) is 0 Å². The molecule has 0 bridgehead atoms. The van der Waals surface area contributed by atoms with Gasteiger partial charge in [0.2, 0.25) is 0 Å². The molecule has 0 aromatic heterocycles. The molecule has 0 spiro atoms. The van der Waals surface area contributed by atoms with Gasteiger partial charge in [0.1, 0.15) is 29.4 Å². The fourth-order valence-corrected chi connectivity index (χ4v) is 1.60. The lowest BCUT2D eigenvalue weighted by Gasteiger charge is -2.07. The Morgan fingerprint density at radius 2 is 1.65 bits per heavy atom. The Balaban J connectivity index is 2.31. The van der Waals surface area contributed by atoms with Crippen molar-refractivity contribution < 1.29 is 14.6 Å². The molecule has 96 valence electrons. The van der Waals surface area contributed by atoms with Crippen molar-refractivity contribution in [2.75, 3.05) is 0 Å². The molecule has 0 amide bonds. The number of phenols is 1. The van der Waals surface area contributed by atoms with E-state index in [0.717, 1.165) is 0 Å². The Morgan fingerprint density at radius 3 is 2.25 bits per heavy atom. The summed E-state index contributed by atoms with van der Waals surface area (Å²) in [5.74, 6) is 0.493. The lowest BCUT2D eigenvalue weighted by atomic mass is 10.1. The monoisotopic (exact) mass is 264 g/mol. The van der Waals surface area contributed by atoms with Crippen molar-refractivity contribution >= 4 is 6.29 Å². The van der Waals surface area contributed by atoms with E-state index in [0.29, 0.717) is 17.8 Å². The highest BCUT2D eigenvalue weighted by molar-refractivity contribution is 5.79. The molecule has 20 heavy (non-hydrogen) atoms. The van der Waals surface area contributed by atoms with Gasteiger partial charge in [0.15, 0.2) is 6.29 Å². The number of carbonyl (C=O) groups is 1. The first-order valence-electron chi connectivity index (χ1n) is 5.58. The van der Waals surface area contributed by atoms with Crippen LogP contribution >= 0.6 is 0 Å². The minimum Gasteiger partial charge on any atom is -0.507 e. The maximum atomic E-state index is 10.6. The first-order valence-corrected chi connectivity index (χ1v) is 5.58. The number of ether oxygens (including phenoxy) is 1. The topological polar surface area (TPSA) is 94.1 Å². The minimum atomic E-state index is -0.188. The molecule has 5 nitrogen and oxygen atoms in total. The first kappa shape index (κ1) is 13.1. The Labute approximate surface area is 114 Å². The number of phenolic OH excluding ortho intramolecular Hbond substituents is 1. The lowest BCUT2D eigenvalue weighted by Crippen LogP contribution is -1.89. The van der Waals surface area contributed by atoms with E-state index in [1.165, 1.54) is 30.3 Å². The summed E-state index contributed by atoms with van der Waals surface area (Å²) >= 11 is 0. The van der Waals surface area contributed by atoms with Crippen molar-refractivity contribution in [3.05, 3.63) is 53.1 Å². The zero-order chi connectivity index (χ0) is 14.5. The predicted molar refractivity (Wildman–Crippen MR) is 69.4 cm³/mol. The van der Waals surface area contributed by atoms with Crippen LogP contribution in [0.5, 0.6) is 17.2 Å². The summed E-state index contributed by atoms with van der Waals surface area (Å²) in [5.41, 5.74) is 0.632. The molecule has 0 heterocycles. The molecule has 2 rings (SSSR count). The number of hydrogen-bond donors (Lipinski definition) is 1. The molecule has 0 unspecified atom stereocenters. The Kier molecular flexibility index (Phi) is 3.65. The van der Waals surface area contributed by atoms with Crippen LogP contribution in [0.3, 0.4) is 0 Å². The molecule has 0 aliphatic heterocycles. The molecule has 0 fully saturated rings. The number of nitrogens with zero attached hydrogens (tertiary/aromatic N) is 2. The van der Waals surface area contributed by atoms with Gasteiger partial charge in [-0.2, -0.15) is 10.5 Å². The third-order valence-corrected chi connectivity index (χ3v) is 2.60. The summed E-state index contributed by atoms with van der Waals surface area (Å²) in [6.45, 7) is 0. The molecular weight excluding hydrogens is 256 g/mol. The second kappa shape index (κ2) is 5.55. The second-order valence-electron chi connectivity index (χ2n) is 3.87. The maximum Gasteiger partial charge on any atom is 0.153 e. The Bertz CT molecular complexity index is 755. The summed E-state index contributed by atoms with van der Waals surface area (Å²) < 4.78 is 5.46. The van der Waals surface area contributed by atoms with Crippen LogP contribution in [-0.4, -0.2) is 11.4 Å². The highest BCUT2D eigenvalue weighted by atomic mass is 16.5. The summed E-state index contributed by atoms with van der Waals surface area (Å²) in [4.78, 5) is 10.6. The molecule has 5 heteroatoms. The number of nitriles is 2. The van der Waals surface area contributed by atoms with E-state index in [-0.39, 0.29) is 22.4 Å². The SMILES string of the molecule is N#Cc1ccc(Oc2ccc(C=O)c(O)c2)cc1C#N. The van der Waals surface area contributed by atoms with Gasteiger partial charge in [0.05, 0.1) is 16.7 Å². The summed E-state index contributed by atoms with van der Waals surface area (Å²) in [6.07, 6.45) is 0.536. The number of carbonyl (C=O) groups excluding carboxylic acids is 1. The van der Waals surface area contributed by atoms with Crippen molar-refractivity contribution in [3.8, 4) is 29.4 Å². The van der Waals surface area contributed by atoms with Crippen LogP contribution in [-0.2, 0) is 0 Å². The van der Waals surface area contributed by atoms with Gasteiger partial charge in [0, 0.05) is 6.07 Å². The van der Waals surface area contributed by atoms with Crippen molar-refractivity contribution in [2.24, 2.45) is 0 Å². The molecule has 0 aliphatic carbocycles. The number of benzene rings is 2. The van der Waals surface area contributed by atoms with Crippen LogP contribution in [0.25, 0.3) is 0 Å². The van der Waals surface area contributed by atoms with Crippen LogP contribution in [0.15, 0.2) is 36.4 Å². The number of rotatable bonds is 3. The molecule has 0 radical (unpaired) electrons. The highest BCUT2D eigenvalue weighted by Crippen LogP contribution is 2.28. The van der Waals surface area contributed by atoms with Gasteiger partial charge in [-0.3, -0.25) is 4.79 Å². The van der Waals surface area contributed by atoms with Gasteiger partial charge in [-0.05, 0) is 30.3 Å². The molecule has 0 saturated carbocycles. The van der Waals surface area contributed by atoms with Gasteiger partial charge in [-0.25, -0.2) is 0 Å². The van der Waals surface area contributed by atoms with Gasteiger partial charge >= 0.3 is 0 Å². The summed E-state index contributed by atoms with van der Waals surface area (Å²) in [7, 11) is 0. The normalized spacial score (nSPS) is 9.30. The van der Waals surface area contributed by atoms with Gasteiger partial charge < -0.3 is 9.84 Å². The van der Waals surface area contributed by atoms with E-state index in [9.17, 15) is 9.90 Å². The zero-order valence-electron chi connectivity index (χ0n) is 10.2. The largest absolute Gasteiger partial charge is 0.507 e. The van der Waals surface area contributed by atoms with Crippen molar-refractivity contribution in [1.82, 2.24) is 0 Å². The Morgan fingerprint density at radius 1 is 1.00 bits per heavy atom. The second-order valence-corrected chi connectivity index (χ2v) is 3.87. The van der Waals surface area contributed by atoms with Crippen LogP contribution < -0.4 is 4.74 Å². The molecule has 0 atom stereocenters. The number of hydrogen-bond acceptors (Lipinski definition) is 5. The summed E-state index contributed by atoms with van der Waals surface area (Å²) in [5, 5.41) is 27.3. The standard InChI is InChI=1S/C15H8N2O3/c16-7-10-1-3-13(5-12(10)8-17)20-14-4-2-11(9-18)15(19)6-14/h1-6,9,19H. The van der Waals surface area contributed by atoms with Crippen molar-refractivity contribution in [1.29, 1.82) is 10.5 Å². The fourth-order valence-electron chi connectivity index (χ4n) is 1.60. The quantitative estimate of drug-likeness (QED) is 0.860. The third kappa shape index (κ3) is 2.58. The average molecular weight is 264 g/mol. The minimum absolute atomic E-state index is 0.162. The molecule has 2 aromatic carbocycles. The molecule has 1 N–H and O–H groups in total. The third-order valence-electron chi connectivity index (χ3n) is 2.60. The van der Waals surface area contributed by atoms with Gasteiger partial charge in [-0.15, -0.1) is 0 Å². The first-order chi connectivity index (χ1) is 9.67. The van der Waals surface area contributed by atoms with E-state index >= 15 is 0 Å². The average Bonchev–Trinajstić information content (AvgIpc) is 2.47. The molecule has 0 aliphatic rings.